The van der Waals surface area contributed by atoms with Crippen LogP contribution in [0.4, 0.5) is 4.39 Å². The normalized spacial score (nSPS) is 11.5. The van der Waals surface area contributed by atoms with Crippen LogP contribution in [0.3, 0.4) is 0 Å². The summed E-state index contributed by atoms with van der Waals surface area (Å²) in [5.41, 5.74) is 4.18. The van der Waals surface area contributed by atoms with Gasteiger partial charge in [0, 0.05) is 11.1 Å². The van der Waals surface area contributed by atoms with Gasteiger partial charge in [-0.1, -0.05) is 44.2 Å². The van der Waals surface area contributed by atoms with Gasteiger partial charge in [-0.25, -0.2) is 9.37 Å². The zero-order chi connectivity index (χ0) is 32.1. The number of hydrogen-bond acceptors (Lipinski definition) is 6. The molecule has 0 spiro atoms. The SMILES string of the molecule is CCOc1cc(C)c(-c2nc3ccccc3c(=O)n2N=Cc2cc(I)c(OCc3ccccc3F)c(OCC)c2)cc1C(C)C. The van der Waals surface area contributed by atoms with Crippen LogP contribution in [0.15, 0.2) is 82.7 Å². The Morgan fingerprint density at radius 2 is 1.67 bits per heavy atom. The van der Waals surface area contributed by atoms with Gasteiger partial charge >= 0.3 is 0 Å². The van der Waals surface area contributed by atoms with Crippen LogP contribution in [0, 0.1) is 16.3 Å². The van der Waals surface area contributed by atoms with Crippen molar-refractivity contribution in [2.75, 3.05) is 13.2 Å². The van der Waals surface area contributed by atoms with E-state index in [0.717, 1.165) is 26.0 Å². The summed E-state index contributed by atoms with van der Waals surface area (Å²) < 4.78 is 34.2. The summed E-state index contributed by atoms with van der Waals surface area (Å²) in [6, 6.07) is 21.5. The summed E-state index contributed by atoms with van der Waals surface area (Å²) in [4.78, 5) is 18.8. The topological polar surface area (TPSA) is 74.9 Å². The number of ether oxygens (including phenoxy) is 3. The number of benzene rings is 4. The van der Waals surface area contributed by atoms with E-state index in [1.807, 2.05) is 57.2 Å². The lowest BCUT2D eigenvalue weighted by atomic mass is 9.96. The van der Waals surface area contributed by atoms with Gasteiger partial charge in [0.1, 0.15) is 18.2 Å². The third-order valence-corrected chi connectivity index (χ3v) is 8.06. The van der Waals surface area contributed by atoms with Crippen molar-refractivity contribution in [2.24, 2.45) is 5.10 Å². The van der Waals surface area contributed by atoms with Crippen LogP contribution < -0.4 is 19.8 Å². The van der Waals surface area contributed by atoms with Gasteiger partial charge in [0.2, 0.25) is 0 Å². The Balaban J connectivity index is 1.60. The first kappa shape index (κ1) is 32.2. The molecule has 45 heavy (non-hydrogen) atoms. The van der Waals surface area contributed by atoms with Crippen LogP contribution in [0.2, 0.25) is 0 Å². The lowest BCUT2D eigenvalue weighted by Gasteiger charge is -2.18. The zero-order valence-electron chi connectivity index (χ0n) is 25.9. The molecule has 0 fully saturated rings. The van der Waals surface area contributed by atoms with Gasteiger partial charge in [-0.15, -0.1) is 0 Å². The lowest BCUT2D eigenvalue weighted by Crippen LogP contribution is -2.21. The number of halogens is 2. The van der Waals surface area contributed by atoms with Crippen molar-refractivity contribution in [2.45, 2.75) is 47.1 Å². The van der Waals surface area contributed by atoms with Crippen LogP contribution in [0.5, 0.6) is 17.2 Å². The third-order valence-electron chi connectivity index (χ3n) is 7.26. The van der Waals surface area contributed by atoms with Gasteiger partial charge in [0.05, 0.1) is 33.9 Å². The van der Waals surface area contributed by atoms with Crippen molar-refractivity contribution in [3.8, 4) is 28.6 Å². The minimum absolute atomic E-state index is 0.0531. The smallest absolute Gasteiger partial charge is 0.282 e. The van der Waals surface area contributed by atoms with Gasteiger partial charge in [-0.2, -0.15) is 9.78 Å². The molecule has 0 atom stereocenters. The predicted octanol–water partition coefficient (Wildman–Crippen LogP) is 8.50. The van der Waals surface area contributed by atoms with Crippen LogP contribution >= 0.6 is 22.6 Å². The van der Waals surface area contributed by atoms with E-state index in [2.05, 4.69) is 36.4 Å². The molecule has 0 amide bonds. The van der Waals surface area contributed by atoms with Crippen molar-refractivity contribution in [1.82, 2.24) is 9.66 Å². The molecule has 0 saturated heterocycles. The van der Waals surface area contributed by atoms with E-state index in [-0.39, 0.29) is 23.9 Å². The molecule has 4 aromatic carbocycles. The zero-order valence-corrected chi connectivity index (χ0v) is 28.1. The number of para-hydroxylation sites is 1. The molecule has 0 aliphatic rings. The minimum Gasteiger partial charge on any atom is -0.494 e. The lowest BCUT2D eigenvalue weighted by molar-refractivity contribution is 0.264. The highest BCUT2D eigenvalue weighted by Gasteiger charge is 2.19. The Labute approximate surface area is 275 Å². The first-order valence-electron chi connectivity index (χ1n) is 14.9. The first-order valence-corrected chi connectivity index (χ1v) is 16.0. The monoisotopic (exact) mass is 719 g/mol. The van der Waals surface area contributed by atoms with E-state index in [1.54, 1.807) is 36.5 Å². The average molecular weight is 720 g/mol. The Morgan fingerprint density at radius 1 is 0.956 bits per heavy atom. The van der Waals surface area contributed by atoms with Gasteiger partial charge < -0.3 is 14.2 Å². The first-order chi connectivity index (χ1) is 21.7. The molecule has 0 radical (unpaired) electrons. The molecule has 1 heterocycles. The summed E-state index contributed by atoms with van der Waals surface area (Å²) in [6.45, 7) is 11.0. The molecule has 0 aliphatic carbocycles. The third kappa shape index (κ3) is 7.03. The molecule has 232 valence electrons. The maximum atomic E-state index is 14.2. The highest BCUT2D eigenvalue weighted by molar-refractivity contribution is 14.1. The van der Waals surface area contributed by atoms with Crippen molar-refractivity contribution in [3.05, 3.63) is 115 Å². The summed E-state index contributed by atoms with van der Waals surface area (Å²) in [7, 11) is 0. The van der Waals surface area contributed by atoms with Crippen LogP contribution in [0.25, 0.3) is 22.3 Å². The molecular formula is C36H35FIN3O4. The Bertz CT molecular complexity index is 1940. The van der Waals surface area contributed by atoms with E-state index >= 15 is 0 Å². The van der Waals surface area contributed by atoms with E-state index in [9.17, 15) is 9.18 Å². The predicted molar refractivity (Wildman–Crippen MR) is 185 cm³/mol. The second-order valence-electron chi connectivity index (χ2n) is 10.7. The fraction of sp³-hybridized carbons (Fsp3) is 0.250. The van der Waals surface area contributed by atoms with Gasteiger partial charge in [-0.05, 0) is 108 Å². The van der Waals surface area contributed by atoms with E-state index in [4.69, 9.17) is 24.3 Å². The van der Waals surface area contributed by atoms with Gasteiger partial charge in [0.15, 0.2) is 17.3 Å². The summed E-state index contributed by atoms with van der Waals surface area (Å²) in [5.74, 6) is 2.12. The maximum absolute atomic E-state index is 14.2. The van der Waals surface area contributed by atoms with E-state index < -0.39 is 0 Å². The molecule has 0 saturated carbocycles. The fourth-order valence-electron chi connectivity index (χ4n) is 5.03. The summed E-state index contributed by atoms with van der Waals surface area (Å²) in [5, 5.41) is 5.16. The second-order valence-corrected chi connectivity index (χ2v) is 11.9. The number of aryl methyl sites for hydroxylation is 1. The summed E-state index contributed by atoms with van der Waals surface area (Å²) >= 11 is 2.16. The molecule has 0 N–H and O–H groups in total. The van der Waals surface area contributed by atoms with Crippen LogP contribution in [0.1, 0.15) is 55.9 Å². The number of rotatable bonds is 11. The average Bonchev–Trinajstić information content (AvgIpc) is 3.01. The van der Waals surface area contributed by atoms with E-state index in [0.29, 0.717) is 52.6 Å². The molecule has 5 aromatic rings. The molecule has 9 heteroatoms. The highest BCUT2D eigenvalue weighted by atomic mass is 127. The summed E-state index contributed by atoms with van der Waals surface area (Å²) in [6.07, 6.45) is 1.61. The van der Waals surface area contributed by atoms with Gasteiger partial charge in [0.25, 0.3) is 5.56 Å². The number of hydrogen-bond donors (Lipinski definition) is 0. The standard InChI is InChI=1S/C36H35FIN3O4/c1-6-43-32-16-23(5)28(19-27(32)22(3)4)35-40-31-15-11-9-13-26(31)36(42)41(35)39-20-24-17-30(38)34(33(18-24)44-7-2)45-21-25-12-8-10-14-29(25)37/h8-20,22H,6-7,21H2,1-5H3. The number of nitrogens with zero attached hydrogens (tertiary/aromatic N) is 3. The van der Waals surface area contributed by atoms with E-state index in [1.165, 1.54) is 10.7 Å². The second kappa shape index (κ2) is 14.2. The molecule has 0 unspecified atom stereocenters. The van der Waals surface area contributed by atoms with Crippen molar-refractivity contribution >= 4 is 39.7 Å². The van der Waals surface area contributed by atoms with Crippen molar-refractivity contribution in [1.29, 1.82) is 0 Å². The minimum atomic E-state index is -0.331. The molecular weight excluding hydrogens is 684 g/mol. The van der Waals surface area contributed by atoms with Crippen molar-refractivity contribution in [3.63, 3.8) is 0 Å². The van der Waals surface area contributed by atoms with Gasteiger partial charge in [-0.3, -0.25) is 4.79 Å². The molecule has 1 aromatic heterocycles. The Morgan fingerprint density at radius 3 is 2.40 bits per heavy atom. The van der Waals surface area contributed by atoms with Crippen LogP contribution in [-0.2, 0) is 6.61 Å². The quantitative estimate of drug-likeness (QED) is 0.101. The number of fused-ring (bicyclic) bond motifs is 1. The highest BCUT2D eigenvalue weighted by Crippen LogP contribution is 2.36. The molecule has 7 nitrogen and oxygen atoms in total. The Kier molecular flexibility index (Phi) is 10.2. The molecule has 5 rings (SSSR count). The number of aromatic nitrogens is 2. The fourth-order valence-corrected chi connectivity index (χ4v) is 5.81. The molecule has 0 aliphatic heterocycles. The maximum Gasteiger partial charge on any atom is 0.282 e. The Hall–Kier alpha value is -4.25. The van der Waals surface area contributed by atoms with Crippen LogP contribution in [-0.4, -0.2) is 29.1 Å². The largest absolute Gasteiger partial charge is 0.494 e. The van der Waals surface area contributed by atoms with Crippen molar-refractivity contribution < 1.29 is 18.6 Å². The molecule has 0 bridgehead atoms.